The third-order valence-corrected chi connectivity index (χ3v) is 8.39. The minimum Gasteiger partial charge on any atom is -0.336 e. The molecule has 0 aliphatic carbocycles. The van der Waals surface area contributed by atoms with Crippen LogP contribution in [-0.2, 0) is 14.8 Å². The number of rotatable bonds is 4. The van der Waals surface area contributed by atoms with Crippen LogP contribution in [0, 0.1) is 0 Å². The molecule has 2 fully saturated rings. The summed E-state index contributed by atoms with van der Waals surface area (Å²) in [5.41, 5.74) is 1.36. The molecule has 0 bridgehead atoms. The molecular formula is C19H21N3O4S2. The summed E-state index contributed by atoms with van der Waals surface area (Å²) < 4.78 is 26.9. The molecule has 2 aromatic rings. The molecule has 0 N–H and O–H groups in total. The van der Waals surface area contributed by atoms with E-state index in [0.717, 1.165) is 12.1 Å². The van der Waals surface area contributed by atoms with E-state index in [1.807, 2.05) is 0 Å². The lowest BCUT2D eigenvalue weighted by atomic mass is 10.1. The van der Waals surface area contributed by atoms with Gasteiger partial charge in [-0.15, -0.1) is 11.3 Å². The Labute approximate surface area is 168 Å². The Hall–Kier alpha value is -2.23. The first-order valence-electron chi connectivity index (χ1n) is 9.20. The minimum absolute atomic E-state index is 0.113. The summed E-state index contributed by atoms with van der Waals surface area (Å²) in [4.78, 5) is 28.0. The monoisotopic (exact) mass is 419 g/mol. The average molecular weight is 420 g/mol. The Balaban J connectivity index is 1.39. The first-order chi connectivity index (χ1) is 13.5. The molecule has 0 unspecified atom stereocenters. The van der Waals surface area contributed by atoms with Crippen molar-refractivity contribution in [1.29, 1.82) is 0 Å². The Morgan fingerprint density at radius 1 is 0.964 bits per heavy atom. The lowest BCUT2D eigenvalue weighted by molar-refractivity contribution is -0.117. The summed E-state index contributed by atoms with van der Waals surface area (Å²) in [6.45, 7) is 2.00. The van der Waals surface area contributed by atoms with Crippen molar-refractivity contribution in [2.45, 2.75) is 17.1 Å². The Morgan fingerprint density at radius 2 is 1.68 bits per heavy atom. The number of benzene rings is 1. The number of amides is 2. The van der Waals surface area contributed by atoms with Gasteiger partial charge in [-0.05, 0) is 42.1 Å². The van der Waals surface area contributed by atoms with Gasteiger partial charge in [-0.1, -0.05) is 6.07 Å². The first-order valence-corrected chi connectivity index (χ1v) is 11.5. The molecule has 2 aliphatic rings. The summed E-state index contributed by atoms with van der Waals surface area (Å²) in [7, 11) is -3.48. The average Bonchev–Trinajstić information content (AvgIpc) is 3.40. The molecule has 0 atom stereocenters. The van der Waals surface area contributed by atoms with Crippen LogP contribution in [0.4, 0.5) is 5.69 Å². The number of carbonyl (C=O) groups is 2. The molecule has 0 saturated carbocycles. The molecule has 3 heterocycles. The van der Waals surface area contributed by atoms with Gasteiger partial charge in [-0.25, -0.2) is 8.42 Å². The van der Waals surface area contributed by atoms with E-state index < -0.39 is 10.0 Å². The summed E-state index contributed by atoms with van der Waals surface area (Å²) in [5.74, 6) is -0.00498. The van der Waals surface area contributed by atoms with Gasteiger partial charge >= 0.3 is 0 Å². The lowest BCUT2D eigenvalue weighted by Crippen LogP contribution is -2.50. The van der Waals surface area contributed by atoms with Crippen LogP contribution in [0.15, 0.2) is 46.0 Å². The molecule has 2 aliphatic heterocycles. The highest BCUT2D eigenvalue weighted by molar-refractivity contribution is 7.91. The predicted octanol–water partition coefficient (Wildman–Crippen LogP) is 2.02. The molecule has 2 saturated heterocycles. The summed E-state index contributed by atoms with van der Waals surface area (Å²) in [6, 6.07) is 10.4. The molecule has 148 valence electrons. The maximum Gasteiger partial charge on any atom is 0.253 e. The van der Waals surface area contributed by atoms with Crippen molar-refractivity contribution in [2.24, 2.45) is 0 Å². The fourth-order valence-electron chi connectivity index (χ4n) is 3.56. The van der Waals surface area contributed by atoms with Gasteiger partial charge in [0, 0.05) is 50.4 Å². The van der Waals surface area contributed by atoms with Crippen LogP contribution in [0.25, 0.3) is 0 Å². The molecule has 0 spiro atoms. The number of carbonyl (C=O) groups excluding carboxylic acids is 2. The molecule has 4 rings (SSSR count). The topological polar surface area (TPSA) is 78.0 Å². The normalized spacial score (nSPS) is 18.6. The van der Waals surface area contributed by atoms with Crippen LogP contribution < -0.4 is 4.90 Å². The number of hydrogen-bond acceptors (Lipinski definition) is 5. The lowest BCUT2D eigenvalue weighted by Gasteiger charge is -2.33. The zero-order valence-electron chi connectivity index (χ0n) is 15.3. The van der Waals surface area contributed by atoms with Gasteiger partial charge in [0.15, 0.2) is 0 Å². The molecule has 1 aromatic heterocycles. The van der Waals surface area contributed by atoms with E-state index >= 15 is 0 Å². The molecular weight excluding hydrogens is 398 g/mol. The van der Waals surface area contributed by atoms with E-state index in [4.69, 9.17) is 0 Å². The van der Waals surface area contributed by atoms with Gasteiger partial charge in [0.25, 0.3) is 15.9 Å². The first kappa shape index (κ1) is 19.1. The minimum atomic E-state index is -3.48. The SMILES string of the molecule is O=C(c1ccc(N2CCCC2=O)cc1)N1CCN(S(=O)(=O)c2cccs2)CC1. The molecule has 7 nitrogen and oxygen atoms in total. The third-order valence-electron chi connectivity index (χ3n) is 5.11. The second kappa shape index (κ2) is 7.65. The van der Waals surface area contributed by atoms with E-state index in [-0.39, 0.29) is 24.9 Å². The second-order valence-electron chi connectivity index (χ2n) is 6.82. The third kappa shape index (κ3) is 3.57. The van der Waals surface area contributed by atoms with Crippen LogP contribution in [0.1, 0.15) is 23.2 Å². The number of hydrogen-bond donors (Lipinski definition) is 0. The van der Waals surface area contributed by atoms with Crippen LogP contribution in [0.3, 0.4) is 0 Å². The Morgan fingerprint density at radius 3 is 2.25 bits per heavy atom. The molecule has 2 amide bonds. The number of thiophene rings is 1. The highest BCUT2D eigenvalue weighted by Gasteiger charge is 2.31. The maximum atomic E-state index is 12.8. The summed E-state index contributed by atoms with van der Waals surface area (Å²) >= 11 is 1.20. The predicted molar refractivity (Wildman–Crippen MR) is 107 cm³/mol. The standard InChI is InChI=1S/C19H21N3O4S2/c23-17-3-1-9-22(17)16-7-5-15(6-8-16)19(24)20-10-12-21(13-11-20)28(25,26)18-4-2-14-27-18/h2,4-8,14H,1,3,9-13H2. The van der Waals surface area contributed by atoms with Gasteiger partial charge in [-0.2, -0.15) is 4.31 Å². The second-order valence-corrected chi connectivity index (χ2v) is 9.94. The molecule has 28 heavy (non-hydrogen) atoms. The van der Waals surface area contributed by atoms with Crippen molar-refractivity contribution in [2.75, 3.05) is 37.6 Å². The number of anilines is 1. The van der Waals surface area contributed by atoms with Gasteiger partial charge in [0.1, 0.15) is 4.21 Å². The highest BCUT2D eigenvalue weighted by atomic mass is 32.2. The highest BCUT2D eigenvalue weighted by Crippen LogP contribution is 2.24. The van der Waals surface area contributed by atoms with Crippen LogP contribution in [-0.4, -0.2) is 62.2 Å². The van der Waals surface area contributed by atoms with E-state index in [2.05, 4.69) is 0 Å². The van der Waals surface area contributed by atoms with Gasteiger partial charge in [0.2, 0.25) is 5.91 Å². The van der Waals surface area contributed by atoms with Crippen molar-refractivity contribution < 1.29 is 18.0 Å². The summed E-state index contributed by atoms with van der Waals surface area (Å²) in [5, 5.41) is 1.74. The maximum absolute atomic E-state index is 12.8. The van der Waals surface area contributed by atoms with Crippen molar-refractivity contribution in [1.82, 2.24) is 9.21 Å². The molecule has 9 heteroatoms. The van der Waals surface area contributed by atoms with Gasteiger partial charge in [0.05, 0.1) is 0 Å². The van der Waals surface area contributed by atoms with E-state index in [0.29, 0.717) is 35.8 Å². The van der Waals surface area contributed by atoms with E-state index in [1.54, 1.807) is 51.6 Å². The van der Waals surface area contributed by atoms with Crippen molar-refractivity contribution >= 4 is 38.9 Å². The zero-order chi connectivity index (χ0) is 19.7. The Bertz CT molecular complexity index is 963. The van der Waals surface area contributed by atoms with Gasteiger partial charge < -0.3 is 9.80 Å². The molecule has 0 radical (unpaired) electrons. The van der Waals surface area contributed by atoms with Crippen molar-refractivity contribution in [3.05, 3.63) is 47.3 Å². The van der Waals surface area contributed by atoms with E-state index in [1.165, 1.54) is 15.6 Å². The van der Waals surface area contributed by atoms with Crippen molar-refractivity contribution in [3.8, 4) is 0 Å². The van der Waals surface area contributed by atoms with E-state index in [9.17, 15) is 18.0 Å². The fraction of sp³-hybridized carbons (Fsp3) is 0.368. The Kier molecular flexibility index (Phi) is 5.22. The number of nitrogens with zero attached hydrogens (tertiary/aromatic N) is 3. The van der Waals surface area contributed by atoms with Gasteiger partial charge in [-0.3, -0.25) is 9.59 Å². The number of sulfonamides is 1. The van der Waals surface area contributed by atoms with Crippen molar-refractivity contribution in [3.63, 3.8) is 0 Å². The largest absolute Gasteiger partial charge is 0.336 e. The van der Waals surface area contributed by atoms with Crippen LogP contribution in [0.2, 0.25) is 0 Å². The quantitative estimate of drug-likeness (QED) is 0.760. The molecule has 1 aromatic carbocycles. The van der Waals surface area contributed by atoms with Crippen LogP contribution >= 0.6 is 11.3 Å². The smallest absolute Gasteiger partial charge is 0.253 e. The number of piperazine rings is 1. The zero-order valence-corrected chi connectivity index (χ0v) is 16.9. The summed E-state index contributed by atoms with van der Waals surface area (Å²) in [6.07, 6.45) is 1.43. The van der Waals surface area contributed by atoms with Crippen LogP contribution in [0.5, 0.6) is 0 Å². The fourth-order valence-corrected chi connectivity index (χ4v) is 6.12.